The highest BCUT2D eigenvalue weighted by atomic mass is 35.5. The number of para-hydroxylation sites is 1. The Balaban J connectivity index is 1.73. The van der Waals surface area contributed by atoms with Crippen LogP contribution in [-0.2, 0) is 6.42 Å². The molecule has 0 aliphatic rings. The maximum absolute atomic E-state index is 12.4. The zero-order chi connectivity index (χ0) is 18.5. The number of benzene rings is 2. The van der Waals surface area contributed by atoms with Crippen LogP contribution >= 0.6 is 11.6 Å². The first kappa shape index (κ1) is 17.9. The molecule has 1 amide bonds. The second-order valence-electron chi connectivity index (χ2n) is 5.80. The van der Waals surface area contributed by atoms with E-state index < -0.39 is 0 Å². The Morgan fingerprint density at radius 3 is 2.46 bits per heavy atom. The fourth-order valence-electron chi connectivity index (χ4n) is 2.52. The number of anilines is 3. The molecule has 1 aromatic heterocycles. The largest absolute Gasteiger partial charge is 0.324 e. The van der Waals surface area contributed by atoms with Gasteiger partial charge in [-0.25, -0.2) is 9.97 Å². The van der Waals surface area contributed by atoms with E-state index in [1.165, 1.54) is 12.4 Å². The number of carbonyl (C=O) groups excluding carboxylic acids is 1. The summed E-state index contributed by atoms with van der Waals surface area (Å²) >= 11 is 6.11. The van der Waals surface area contributed by atoms with Crippen molar-refractivity contribution in [1.82, 2.24) is 9.97 Å². The Morgan fingerprint density at radius 1 is 1.04 bits per heavy atom. The average Bonchev–Trinajstić information content (AvgIpc) is 2.66. The van der Waals surface area contributed by atoms with E-state index in [2.05, 4.69) is 20.6 Å². The van der Waals surface area contributed by atoms with Gasteiger partial charge in [0, 0.05) is 28.8 Å². The first-order valence-corrected chi connectivity index (χ1v) is 8.69. The van der Waals surface area contributed by atoms with Gasteiger partial charge in [0.05, 0.1) is 5.56 Å². The lowest BCUT2D eigenvalue weighted by Gasteiger charge is -2.11. The molecule has 0 saturated carbocycles. The number of carbonyl (C=O) groups is 1. The van der Waals surface area contributed by atoms with Gasteiger partial charge >= 0.3 is 0 Å². The summed E-state index contributed by atoms with van der Waals surface area (Å²) in [6, 6.07) is 13.3. The van der Waals surface area contributed by atoms with Gasteiger partial charge in [0.1, 0.15) is 0 Å². The minimum atomic E-state index is -0.239. The molecule has 0 aliphatic heterocycles. The van der Waals surface area contributed by atoms with Crippen LogP contribution in [0, 0.1) is 6.92 Å². The quantitative estimate of drug-likeness (QED) is 0.667. The molecule has 0 radical (unpaired) electrons. The molecular weight excluding hydrogens is 348 g/mol. The number of hydrogen-bond donors (Lipinski definition) is 2. The van der Waals surface area contributed by atoms with Crippen LogP contribution in [0.15, 0.2) is 54.9 Å². The molecule has 0 aliphatic carbocycles. The van der Waals surface area contributed by atoms with Gasteiger partial charge < -0.3 is 10.6 Å². The molecule has 3 rings (SSSR count). The van der Waals surface area contributed by atoms with E-state index in [1.54, 1.807) is 0 Å². The van der Waals surface area contributed by atoms with E-state index in [0.717, 1.165) is 28.9 Å². The van der Waals surface area contributed by atoms with Gasteiger partial charge in [0.25, 0.3) is 5.91 Å². The van der Waals surface area contributed by atoms with Gasteiger partial charge in [0.2, 0.25) is 5.95 Å². The third-order valence-corrected chi connectivity index (χ3v) is 4.48. The molecule has 0 atom stereocenters. The monoisotopic (exact) mass is 366 g/mol. The van der Waals surface area contributed by atoms with Gasteiger partial charge in [-0.3, -0.25) is 4.79 Å². The average molecular weight is 367 g/mol. The van der Waals surface area contributed by atoms with Crippen LogP contribution in [-0.4, -0.2) is 15.9 Å². The molecule has 0 fully saturated rings. The summed E-state index contributed by atoms with van der Waals surface area (Å²) in [6.07, 6.45) is 3.84. The Hall–Kier alpha value is -2.92. The number of hydrogen-bond acceptors (Lipinski definition) is 4. The fourth-order valence-corrected chi connectivity index (χ4v) is 2.69. The van der Waals surface area contributed by atoms with Crippen LogP contribution < -0.4 is 10.6 Å². The fraction of sp³-hybridized carbons (Fsp3) is 0.150. The highest BCUT2D eigenvalue weighted by molar-refractivity contribution is 6.31. The van der Waals surface area contributed by atoms with Gasteiger partial charge in [-0.1, -0.05) is 42.8 Å². The zero-order valence-electron chi connectivity index (χ0n) is 14.6. The number of halogens is 1. The van der Waals surface area contributed by atoms with E-state index in [4.69, 9.17) is 11.6 Å². The molecule has 2 N–H and O–H groups in total. The van der Waals surface area contributed by atoms with Crippen LogP contribution in [0.2, 0.25) is 5.02 Å². The number of aromatic nitrogens is 2. The minimum Gasteiger partial charge on any atom is -0.324 e. The molecule has 0 saturated heterocycles. The van der Waals surface area contributed by atoms with Crippen LogP contribution in [0.5, 0.6) is 0 Å². The molecule has 132 valence electrons. The van der Waals surface area contributed by atoms with Gasteiger partial charge in [0.15, 0.2) is 0 Å². The van der Waals surface area contributed by atoms with Crippen molar-refractivity contribution >= 4 is 34.8 Å². The van der Waals surface area contributed by atoms with E-state index in [9.17, 15) is 4.79 Å². The van der Waals surface area contributed by atoms with Crippen LogP contribution in [0.3, 0.4) is 0 Å². The molecule has 1 heterocycles. The maximum Gasteiger partial charge on any atom is 0.258 e. The zero-order valence-corrected chi connectivity index (χ0v) is 15.3. The number of rotatable bonds is 5. The van der Waals surface area contributed by atoms with Crippen LogP contribution in [0.25, 0.3) is 0 Å². The number of amides is 1. The summed E-state index contributed by atoms with van der Waals surface area (Å²) in [6.45, 7) is 3.96. The summed E-state index contributed by atoms with van der Waals surface area (Å²) in [5.41, 5.74) is 4.01. The van der Waals surface area contributed by atoms with Crippen LogP contribution in [0.1, 0.15) is 28.4 Å². The summed E-state index contributed by atoms with van der Waals surface area (Å²) in [7, 11) is 0. The topological polar surface area (TPSA) is 66.9 Å². The Bertz CT molecular complexity index is 925. The first-order chi connectivity index (χ1) is 12.6. The molecule has 2 aromatic carbocycles. The molecule has 26 heavy (non-hydrogen) atoms. The summed E-state index contributed by atoms with van der Waals surface area (Å²) in [5.74, 6) is 0.164. The Morgan fingerprint density at radius 2 is 1.73 bits per heavy atom. The molecule has 0 spiro atoms. The molecule has 0 unspecified atom stereocenters. The van der Waals surface area contributed by atoms with Crippen molar-refractivity contribution in [3.05, 3.63) is 76.6 Å². The van der Waals surface area contributed by atoms with Crippen molar-refractivity contribution in [3.8, 4) is 0 Å². The van der Waals surface area contributed by atoms with E-state index in [-0.39, 0.29) is 5.91 Å². The minimum absolute atomic E-state index is 0.239. The van der Waals surface area contributed by atoms with Crippen molar-refractivity contribution in [2.75, 3.05) is 10.6 Å². The van der Waals surface area contributed by atoms with Crippen molar-refractivity contribution < 1.29 is 4.79 Å². The first-order valence-electron chi connectivity index (χ1n) is 8.32. The summed E-state index contributed by atoms with van der Waals surface area (Å²) in [5, 5.41) is 6.68. The van der Waals surface area contributed by atoms with Gasteiger partial charge in [-0.15, -0.1) is 0 Å². The highest BCUT2D eigenvalue weighted by Crippen LogP contribution is 2.24. The van der Waals surface area contributed by atoms with Crippen molar-refractivity contribution in [1.29, 1.82) is 0 Å². The van der Waals surface area contributed by atoms with Crippen molar-refractivity contribution in [3.63, 3.8) is 0 Å². The predicted molar refractivity (Wildman–Crippen MR) is 105 cm³/mol. The molecule has 6 heteroatoms. The van der Waals surface area contributed by atoms with Crippen LogP contribution in [0.4, 0.5) is 17.3 Å². The second kappa shape index (κ2) is 7.97. The summed E-state index contributed by atoms with van der Waals surface area (Å²) < 4.78 is 0. The lowest BCUT2D eigenvalue weighted by atomic mass is 10.1. The predicted octanol–water partition coefficient (Wildman–Crippen LogP) is 5.00. The van der Waals surface area contributed by atoms with Gasteiger partial charge in [-0.05, 0) is 42.7 Å². The standard InChI is InChI=1S/C20H19ClN4O/c1-3-14-7-4-5-9-18(14)24-19(26)15-11-22-20(23-12-15)25-17-10-6-8-16(21)13(17)2/h4-12H,3H2,1-2H3,(H,24,26)(H,22,23,25). The molecule has 5 nitrogen and oxygen atoms in total. The second-order valence-corrected chi connectivity index (χ2v) is 6.20. The van der Waals surface area contributed by atoms with E-state index in [0.29, 0.717) is 16.5 Å². The molecular formula is C20H19ClN4O. The number of nitrogens with one attached hydrogen (secondary N) is 2. The third kappa shape index (κ3) is 4.00. The summed E-state index contributed by atoms with van der Waals surface area (Å²) in [4.78, 5) is 20.9. The maximum atomic E-state index is 12.4. The normalized spacial score (nSPS) is 10.4. The lowest BCUT2D eigenvalue weighted by molar-refractivity contribution is 0.102. The van der Waals surface area contributed by atoms with Crippen molar-refractivity contribution in [2.24, 2.45) is 0 Å². The smallest absolute Gasteiger partial charge is 0.258 e. The number of nitrogens with zero attached hydrogens (tertiary/aromatic N) is 2. The lowest BCUT2D eigenvalue weighted by Crippen LogP contribution is -2.14. The van der Waals surface area contributed by atoms with Crippen molar-refractivity contribution in [2.45, 2.75) is 20.3 Å². The molecule has 0 bridgehead atoms. The SMILES string of the molecule is CCc1ccccc1NC(=O)c1cnc(Nc2cccc(Cl)c2C)nc1. The highest BCUT2D eigenvalue weighted by Gasteiger charge is 2.10. The molecule has 3 aromatic rings. The van der Waals surface area contributed by atoms with E-state index in [1.807, 2.05) is 56.3 Å². The van der Waals surface area contributed by atoms with E-state index >= 15 is 0 Å². The van der Waals surface area contributed by atoms with Gasteiger partial charge in [-0.2, -0.15) is 0 Å². The Kier molecular flexibility index (Phi) is 5.49. The third-order valence-electron chi connectivity index (χ3n) is 4.07. The number of aryl methyl sites for hydroxylation is 1. The Labute approximate surface area is 157 Å².